The predicted molar refractivity (Wildman–Crippen MR) is 50.5 cm³/mol. The van der Waals surface area contributed by atoms with Crippen LogP contribution in [0.1, 0.15) is 45.0 Å². The lowest BCUT2D eigenvalue weighted by atomic mass is 9.97. The number of aliphatic hydroxyl groups is 1. The van der Waals surface area contributed by atoms with Crippen LogP contribution in [-0.4, -0.2) is 10.1 Å². The van der Waals surface area contributed by atoms with Crippen molar-refractivity contribution in [3.8, 4) is 0 Å². The van der Waals surface area contributed by atoms with Crippen molar-refractivity contribution in [2.24, 2.45) is 0 Å². The molecule has 0 saturated heterocycles. The molecule has 1 aromatic heterocycles. The molecule has 1 heterocycles. The van der Waals surface area contributed by atoms with E-state index in [-0.39, 0.29) is 12.0 Å². The normalized spacial score (nSPS) is 12.1. The highest BCUT2D eigenvalue weighted by atomic mass is 16.4. The van der Waals surface area contributed by atoms with E-state index in [9.17, 15) is 0 Å². The second-order valence-electron chi connectivity index (χ2n) is 4.15. The van der Waals surface area contributed by atoms with Crippen molar-refractivity contribution in [2.75, 3.05) is 0 Å². The standard InChI is InChI=1S/C10H17NO2/c1-5-7-8(6-12)13-9(11-7)10(2,3)4/h12H,5-6H2,1-4H3. The van der Waals surface area contributed by atoms with Crippen molar-refractivity contribution in [2.45, 2.75) is 46.1 Å². The number of oxazole rings is 1. The van der Waals surface area contributed by atoms with Crippen LogP contribution in [-0.2, 0) is 18.4 Å². The Balaban J connectivity index is 3.07. The summed E-state index contributed by atoms with van der Waals surface area (Å²) in [6.07, 6.45) is 0.801. The van der Waals surface area contributed by atoms with Gasteiger partial charge in [-0.05, 0) is 6.42 Å². The molecule has 3 nitrogen and oxygen atoms in total. The van der Waals surface area contributed by atoms with Crippen LogP contribution in [0.2, 0.25) is 0 Å². The van der Waals surface area contributed by atoms with Crippen LogP contribution >= 0.6 is 0 Å². The van der Waals surface area contributed by atoms with E-state index in [1.807, 2.05) is 27.7 Å². The second kappa shape index (κ2) is 3.50. The monoisotopic (exact) mass is 183 g/mol. The number of hydrogen-bond acceptors (Lipinski definition) is 3. The van der Waals surface area contributed by atoms with E-state index in [2.05, 4.69) is 4.98 Å². The largest absolute Gasteiger partial charge is 0.442 e. The van der Waals surface area contributed by atoms with Crippen molar-refractivity contribution in [1.82, 2.24) is 4.98 Å². The summed E-state index contributed by atoms with van der Waals surface area (Å²) in [5.41, 5.74) is 0.782. The van der Waals surface area contributed by atoms with Crippen LogP contribution in [0.4, 0.5) is 0 Å². The maximum absolute atomic E-state index is 8.99. The summed E-state index contributed by atoms with van der Waals surface area (Å²) in [5.74, 6) is 1.31. The fourth-order valence-electron chi connectivity index (χ4n) is 1.10. The topological polar surface area (TPSA) is 46.3 Å². The van der Waals surface area contributed by atoms with Crippen molar-refractivity contribution in [1.29, 1.82) is 0 Å². The molecule has 13 heavy (non-hydrogen) atoms. The van der Waals surface area contributed by atoms with Gasteiger partial charge in [-0.15, -0.1) is 0 Å². The molecule has 0 radical (unpaired) electrons. The molecule has 1 aromatic rings. The number of nitrogens with zero attached hydrogens (tertiary/aromatic N) is 1. The average Bonchev–Trinajstić information content (AvgIpc) is 2.45. The summed E-state index contributed by atoms with van der Waals surface area (Å²) < 4.78 is 5.46. The summed E-state index contributed by atoms with van der Waals surface area (Å²) in [7, 11) is 0. The molecule has 0 bridgehead atoms. The van der Waals surface area contributed by atoms with E-state index in [0.717, 1.165) is 12.1 Å². The van der Waals surface area contributed by atoms with E-state index in [0.29, 0.717) is 11.7 Å². The maximum atomic E-state index is 8.99. The Morgan fingerprint density at radius 3 is 2.31 bits per heavy atom. The van der Waals surface area contributed by atoms with Crippen molar-refractivity contribution in [3.63, 3.8) is 0 Å². The van der Waals surface area contributed by atoms with Crippen LogP contribution in [0, 0.1) is 0 Å². The minimum absolute atomic E-state index is 0.0632. The molecule has 0 aliphatic carbocycles. The van der Waals surface area contributed by atoms with Crippen LogP contribution in [0.25, 0.3) is 0 Å². The van der Waals surface area contributed by atoms with Gasteiger partial charge in [-0.25, -0.2) is 4.98 Å². The van der Waals surface area contributed by atoms with Gasteiger partial charge >= 0.3 is 0 Å². The van der Waals surface area contributed by atoms with Gasteiger partial charge in [-0.3, -0.25) is 0 Å². The zero-order chi connectivity index (χ0) is 10.1. The molecule has 0 amide bonds. The number of aryl methyl sites for hydroxylation is 1. The molecule has 0 atom stereocenters. The highest BCUT2D eigenvalue weighted by Crippen LogP contribution is 2.24. The van der Waals surface area contributed by atoms with Gasteiger partial charge in [0.2, 0.25) is 0 Å². The Morgan fingerprint density at radius 2 is 2.00 bits per heavy atom. The highest BCUT2D eigenvalue weighted by molar-refractivity contribution is 5.12. The number of aromatic nitrogens is 1. The molecule has 0 aromatic carbocycles. The SMILES string of the molecule is CCc1nc(C(C)(C)C)oc1CO. The zero-order valence-electron chi connectivity index (χ0n) is 8.72. The van der Waals surface area contributed by atoms with Gasteiger partial charge in [-0.1, -0.05) is 27.7 Å². The van der Waals surface area contributed by atoms with Crippen LogP contribution in [0.3, 0.4) is 0 Å². The first kappa shape index (κ1) is 10.3. The lowest BCUT2D eigenvalue weighted by Crippen LogP contribution is -2.11. The Morgan fingerprint density at radius 1 is 1.38 bits per heavy atom. The minimum Gasteiger partial charge on any atom is -0.442 e. The molecule has 0 unspecified atom stereocenters. The molecule has 0 spiro atoms. The van der Waals surface area contributed by atoms with Gasteiger partial charge in [-0.2, -0.15) is 0 Å². The molecule has 3 heteroatoms. The van der Waals surface area contributed by atoms with E-state index >= 15 is 0 Å². The van der Waals surface area contributed by atoms with E-state index in [4.69, 9.17) is 9.52 Å². The van der Waals surface area contributed by atoms with Gasteiger partial charge in [0.1, 0.15) is 6.61 Å². The fraction of sp³-hybridized carbons (Fsp3) is 0.700. The third-order valence-corrected chi connectivity index (χ3v) is 1.90. The number of hydrogen-bond donors (Lipinski definition) is 1. The summed E-state index contributed by atoms with van der Waals surface area (Å²) in [5, 5.41) is 8.99. The average molecular weight is 183 g/mol. The second-order valence-corrected chi connectivity index (χ2v) is 4.15. The van der Waals surface area contributed by atoms with Crippen LogP contribution < -0.4 is 0 Å². The van der Waals surface area contributed by atoms with Gasteiger partial charge < -0.3 is 9.52 Å². The smallest absolute Gasteiger partial charge is 0.200 e. The van der Waals surface area contributed by atoms with Gasteiger partial charge in [0.15, 0.2) is 11.7 Å². The lowest BCUT2D eigenvalue weighted by molar-refractivity contribution is 0.235. The fourth-order valence-corrected chi connectivity index (χ4v) is 1.10. The number of rotatable bonds is 2. The molecule has 1 N–H and O–H groups in total. The van der Waals surface area contributed by atoms with E-state index in [1.165, 1.54) is 0 Å². The molecular weight excluding hydrogens is 166 g/mol. The first-order valence-electron chi connectivity index (χ1n) is 4.59. The minimum atomic E-state index is -0.0860. The van der Waals surface area contributed by atoms with E-state index < -0.39 is 0 Å². The Kier molecular flexibility index (Phi) is 2.76. The van der Waals surface area contributed by atoms with Crippen molar-refractivity contribution < 1.29 is 9.52 Å². The maximum Gasteiger partial charge on any atom is 0.200 e. The third-order valence-electron chi connectivity index (χ3n) is 1.90. The van der Waals surface area contributed by atoms with Gasteiger partial charge in [0.25, 0.3) is 0 Å². The molecule has 0 fully saturated rings. The first-order chi connectivity index (χ1) is 5.99. The van der Waals surface area contributed by atoms with Gasteiger partial charge in [0, 0.05) is 5.41 Å². The summed E-state index contributed by atoms with van der Waals surface area (Å²) in [4.78, 5) is 4.34. The Bertz CT molecular complexity index is 262. The Hall–Kier alpha value is -0.830. The third kappa shape index (κ3) is 2.10. The molecular formula is C10H17NO2. The lowest BCUT2D eigenvalue weighted by Gasteiger charge is -2.11. The molecule has 0 saturated carbocycles. The first-order valence-corrected chi connectivity index (χ1v) is 4.59. The summed E-state index contributed by atoms with van der Waals surface area (Å²) in [6.45, 7) is 8.06. The van der Waals surface area contributed by atoms with Crippen molar-refractivity contribution in [3.05, 3.63) is 17.3 Å². The van der Waals surface area contributed by atoms with E-state index in [1.54, 1.807) is 0 Å². The number of aliphatic hydroxyl groups excluding tert-OH is 1. The molecule has 0 aliphatic heterocycles. The van der Waals surface area contributed by atoms with Crippen LogP contribution in [0.5, 0.6) is 0 Å². The highest BCUT2D eigenvalue weighted by Gasteiger charge is 2.22. The van der Waals surface area contributed by atoms with Crippen LogP contribution in [0.15, 0.2) is 4.42 Å². The zero-order valence-corrected chi connectivity index (χ0v) is 8.72. The molecule has 1 rings (SSSR count). The molecule has 74 valence electrons. The summed E-state index contributed by atoms with van der Waals surface area (Å²) >= 11 is 0. The molecule has 0 aliphatic rings. The predicted octanol–water partition coefficient (Wildman–Crippen LogP) is 2.03. The summed E-state index contributed by atoms with van der Waals surface area (Å²) in [6, 6.07) is 0. The van der Waals surface area contributed by atoms with Gasteiger partial charge in [0.05, 0.1) is 5.69 Å². The Labute approximate surface area is 78.8 Å². The quantitative estimate of drug-likeness (QED) is 0.763. The van der Waals surface area contributed by atoms with Crippen molar-refractivity contribution >= 4 is 0 Å².